The van der Waals surface area contributed by atoms with Gasteiger partial charge in [0.15, 0.2) is 0 Å². The first-order chi connectivity index (χ1) is 13.3. The Morgan fingerprint density at radius 2 is 1.86 bits per heavy atom. The minimum Gasteiger partial charge on any atom is -0.335 e. The fraction of sp³-hybridized carbons (Fsp3) is 0.476. The van der Waals surface area contributed by atoms with Gasteiger partial charge in [0.1, 0.15) is 11.6 Å². The second-order valence-corrected chi connectivity index (χ2v) is 8.13. The zero-order chi connectivity index (χ0) is 20.0. The van der Waals surface area contributed by atoms with E-state index in [9.17, 15) is 4.79 Å². The van der Waals surface area contributed by atoms with Crippen LogP contribution in [-0.2, 0) is 0 Å². The summed E-state index contributed by atoms with van der Waals surface area (Å²) in [5.41, 5.74) is 3.43. The number of aryl methyl sites for hydroxylation is 1. The van der Waals surface area contributed by atoms with Crippen LogP contribution in [0.5, 0.6) is 0 Å². The summed E-state index contributed by atoms with van der Waals surface area (Å²) in [4.78, 5) is 26.8. The summed E-state index contributed by atoms with van der Waals surface area (Å²) in [7, 11) is 0. The molecule has 3 heterocycles. The smallest absolute Gasteiger partial charge is 0.259 e. The van der Waals surface area contributed by atoms with Gasteiger partial charge in [-0.1, -0.05) is 32.9 Å². The molecule has 7 heteroatoms. The maximum atomic E-state index is 13.2. The molecular weight excluding hydrogens is 354 g/mol. The number of anilines is 1. The highest BCUT2D eigenvalue weighted by Gasteiger charge is 2.29. The van der Waals surface area contributed by atoms with Gasteiger partial charge in [-0.05, 0) is 31.7 Å². The van der Waals surface area contributed by atoms with E-state index in [-0.39, 0.29) is 17.7 Å². The molecule has 4 rings (SSSR count). The zero-order valence-electron chi connectivity index (χ0n) is 16.9. The van der Waals surface area contributed by atoms with Crippen molar-refractivity contribution in [1.29, 1.82) is 0 Å². The van der Waals surface area contributed by atoms with Gasteiger partial charge in [0.05, 0.1) is 16.6 Å². The molecule has 3 aromatic heterocycles. The Hall–Kier alpha value is -2.83. The Morgan fingerprint density at radius 3 is 2.50 bits per heavy atom. The molecule has 0 bridgehead atoms. The van der Waals surface area contributed by atoms with Crippen LogP contribution in [0.4, 0.5) is 5.82 Å². The SMILES string of the molecule is Cc1cc(NC(=O)c2cc(C3CC3)nc3onc(C(C)C)c23)nc(C(C)C)n1. The summed E-state index contributed by atoms with van der Waals surface area (Å²) in [6.07, 6.45) is 2.18. The van der Waals surface area contributed by atoms with Gasteiger partial charge in [-0.2, -0.15) is 0 Å². The highest BCUT2D eigenvalue weighted by molar-refractivity contribution is 6.12. The standard InChI is InChI=1S/C21H25N5O2/c1-10(2)18-17-14(9-15(13-6-7-13)23-21(17)28-26-18)20(27)25-16-8-12(5)22-19(24-16)11(3)4/h8-11,13H,6-7H2,1-5H3,(H,22,24,25,27). The number of carbonyl (C=O) groups excluding carboxylic acids is 1. The third-order valence-corrected chi connectivity index (χ3v) is 4.91. The van der Waals surface area contributed by atoms with Gasteiger partial charge in [-0.3, -0.25) is 4.79 Å². The second-order valence-electron chi connectivity index (χ2n) is 8.13. The van der Waals surface area contributed by atoms with E-state index in [1.807, 2.05) is 40.7 Å². The third kappa shape index (κ3) is 3.48. The highest BCUT2D eigenvalue weighted by atomic mass is 16.5. The number of nitrogens with one attached hydrogen (secondary N) is 1. The predicted octanol–water partition coefficient (Wildman–Crippen LogP) is 4.70. The Morgan fingerprint density at radius 1 is 1.11 bits per heavy atom. The Labute approximate surface area is 164 Å². The number of carbonyl (C=O) groups is 1. The zero-order valence-corrected chi connectivity index (χ0v) is 16.9. The molecule has 0 atom stereocenters. The average Bonchev–Trinajstić information content (AvgIpc) is 3.39. The largest absolute Gasteiger partial charge is 0.335 e. The van der Waals surface area contributed by atoms with Crippen molar-refractivity contribution in [3.05, 3.63) is 40.6 Å². The highest BCUT2D eigenvalue weighted by Crippen LogP contribution is 2.41. The molecule has 1 fully saturated rings. The lowest BCUT2D eigenvalue weighted by Crippen LogP contribution is -2.16. The van der Waals surface area contributed by atoms with E-state index in [1.165, 1.54) is 0 Å². The van der Waals surface area contributed by atoms with E-state index in [2.05, 4.69) is 25.4 Å². The van der Waals surface area contributed by atoms with Crippen molar-refractivity contribution in [1.82, 2.24) is 20.1 Å². The summed E-state index contributed by atoms with van der Waals surface area (Å²) >= 11 is 0. The monoisotopic (exact) mass is 379 g/mol. The van der Waals surface area contributed by atoms with Crippen LogP contribution in [0.15, 0.2) is 16.7 Å². The quantitative estimate of drug-likeness (QED) is 0.691. The van der Waals surface area contributed by atoms with E-state index in [0.717, 1.165) is 29.9 Å². The van der Waals surface area contributed by atoms with Crippen LogP contribution in [-0.4, -0.2) is 26.0 Å². The normalized spacial score (nSPS) is 14.2. The fourth-order valence-corrected chi connectivity index (χ4v) is 3.25. The summed E-state index contributed by atoms with van der Waals surface area (Å²) in [5, 5.41) is 7.80. The molecule has 0 spiro atoms. The van der Waals surface area contributed by atoms with Crippen LogP contribution in [0.1, 0.15) is 91.6 Å². The van der Waals surface area contributed by atoms with Crippen molar-refractivity contribution in [3.63, 3.8) is 0 Å². The van der Waals surface area contributed by atoms with E-state index >= 15 is 0 Å². The number of fused-ring (bicyclic) bond motifs is 1. The van der Waals surface area contributed by atoms with Crippen LogP contribution < -0.4 is 5.32 Å². The molecule has 28 heavy (non-hydrogen) atoms. The molecule has 0 unspecified atom stereocenters. The number of amides is 1. The molecule has 0 aromatic carbocycles. The van der Waals surface area contributed by atoms with Crippen LogP contribution in [0, 0.1) is 6.92 Å². The maximum absolute atomic E-state index is 13.2. The minimum atomic E-state index is -0.229. The Bertz CT molecular complexity index is 1050. The van der Waals surface area contributed by atoms with Gasteiger partial charge in [-0.15, -0.1) is 0 Å². The van der Waals surface area contributed by atoms with Crippen molar-refractivity contribution in [3.8, 4) is 0 Å². The summed E-state index contributed by atoms with van der Waals surface area (Å²) < 4.78 is 5.47. The van der Waals surface area contributed by atoms with Gasteiger partial charge in [0, 0.05) is 29.3 Å². The molecule has 1 aliphatic rings. The van der Waals surface area contributed by atoms with Gasteiger partial charge in [-0.25, -0.2) is 15.0 Å². The first-order valence-corrected chi connectivity index (χ1v) is 9.80. The first-order valence-electron chi connectivity index (χ1n) is 9.80. The molecular formula is C21H25N5O2. The maximum Gasteiger partial charge on any atom is 0.259 e. The molecule has 0 aliphatic heterocycles. The van der Waals surface area contributed by atoms with Gasteiger partial charge < -0.3 is 9.84 Å². The third-order valence-electron chi connectivity index (χ3n) is 4.91. The van der Waals surface area contributed by atoms with Crippen molar-refractivity contribution in [2.75, 3.05) is 5.32 Å². The minimum absolute atomic E-state index is 0.121. The number of hydrogen-bond donors (Lipinski definition) is 1. The van der Waals surface area contributed by atoms with Crippen molar-refractivity contribution in [2.45, 2.75) is 65.2 Å². The summed E-state index contributed by atoms with van der Waals surface area (Å²) in [6, 6.07) is 3.66. The molecule has 1 saturated carbocycles. The number of pyridine rings is 1. The van der Waals surface area contributed by atoms with Gasteiger partial charge >= 0.3 is 0 Å². The van der Waals surface area contributed by atoms with Crippen molar-refractivity contribution in [2.24, 2.45) is 0 Å². The van der Waals surface area contributed by atoms with Gasteiger partial charge in [0.25, 0.3) is 11.6 Å². The van der Waals surface area contributed by atoms with E-state index in [1.54, 1.807) is 6.07 Å². The second kappa shape index (κ2) is 6.96. The van der Waals surface area contributed by atoms with E-state index < -0.39 is 0 Å². The van der Waals surface area contributed by atoms with Gasteiger partial charge in [0.2, 0.25) is 0 Å². The fourth-order valence-electron chi connectivity index (χ4n) is 3.25. The molecule has 0 saturated heterocycles. The lowest BCUT2D eigenvalue weighted by molar-refractivity contribution is 0.102. The Balaban J connectivity index is 1.77. The number of rotatable bonds is 5. The predicted molar refractivity (Wildman–Crippen MR) is 107 cm³/mol. The Kier molecular flexibility index (Phi) is 4.61. The molecule has 7 nitrogen and oxygen atoms in total. The van der Waals surface area contributed by atoms with Crippen LogP contribution in [0.25, 0.3) is 11.1 Å². The number of nitrogens with zero attached hydrogens (tertiary/aromatic N) is 4. The molecule has 3 aromatic rings. The topological polar surface area (TPSA) is 93.8 Å². The van der Waals surface area contributed by atoms with E-state index in [0.29, 0.717) is 34.2 Å². The van der Waals surface area contributed by atoms with Crippen molar-refractivity contribution < 1.29 is 9.32 Å². The number of hydrogen-bond acceptors (Lipinski definition) is 6. The lowest BCUT2D eigenvalue weighted by Gasteiger charge is -2.11. The summed E-state index contributed by atoms with van der Waals surface area (Å²) in [6.45, 7) is 10.0. The van der Waals surface area contributed by atoms with Crippen LogP contribution in [0.3, 0.4) is 0 Å². The molecule has 1 N–H and O–H groups in total. The van der Waals surface area contributed by atoms with Crippen molar-refractivity contribution >= 4 is 22.8 Å². The molecule has 1 amide bonds. The van der Waals surface area contributed by atoms with Crippen LogP contribution in [0.2, 0.25) is 0 Å². The first kappa shape index (κ1) is 18.5. The van der Waals surface area contributed by atoms with Crippen LogP contribution >= 0.6 is 0 Å². The molecule has 1 aliphatic carbocycles. The number of aromatic nitrogens is 4. The average molecular weight is 379 g/mol. The lowest BCUT2D eigenvalue weighted by atomic mass is 10.0. The summed E-state index contributed by atoms with van der Waals surface area (Å²) in [5.74, 6) is 1.68. The molecule has 146 valence electrons. The molecule has 0 radical (unpaired) electrons. The van der Waals surface area contributed by atoms with E-state index in [4.69, 9.17) is 4.52 Å².